The van der Waals surface area contributed by atoms with Crippen LogP contribution in [0.2, 0.25) is 0 Å². The summed E-state index contributed by atoms with van der Waals surface area (Å²) in [6.45, 7) is 3.91. The molecule has 0 bridgehead atoms. The van der Waals surface area contributed by atoms with Gasteiger partial charge in [-0.2, -0.15) is 0 Å². The standard InChI is InChI=1S/C26H24N2O4/c1-3-32-23-14-12-19(13-15-23)16-24(28-25(30)20-8-5-4-6-9-20)26(31)27-22-11-7-10-21(17-22)18(2)29/h4-17H,3H2,1-2H3,(H,27,31)(H,28,30). The third-order valence-electron chi connectivity index (χ3n) is 4.56. The number of hydrogen-bond donors (Lipinski definition) is 2. The Balaban J connectivity index is 1.88. The van der Waals surface area contributed by atoms with Crippen molar-refractivity contribution in [2.24, 2.45) is 0 Å². The Morgan fingerprint density at radius 3 is 2.22 bits per heavy atom. The number of carbonyl (C=O) groups is 3. The molecule has 0 saturated heterocycles. The summed E-state index contributed by atoms with van der Waals surface area (Å²) in [5.41, 5.74) is 2.14. The van der Waals surface area contributed by atoms with Crippen molar-refractivity contribution in [2.75, 3.05) is 11.9 Å². The van der Waals surface area contributed by atoms with Gasteiger partial charge in [-0.1, -0.05) is 42.5 Å². The molecular weight excluding hydrogens is 404 g/mol. The topological polar surface area (TPSA) is 84.5 Å². The number of hydrogen-bond acceptors (Lipinski definition) is 4. The maximum atomic E-state index is 13.0. The number of nitrogens with one attached hydrogen (secondary N) is 2. The van der Waals surface area contributed by atoms with Crippen LogP contribution in [0, 0.1) is 0 Å². The molecular formula is C26H24N2O4. The van der Waals surface area contributed by atoms with E-state index in [-0.39, 0.29) is 11.5 Å². The summed E-state index contributed by atoms with van der Waals surface area (Å²) in [5, 5.41) is 5.44. The Bertz CT molecular complexity index is 1140. The van der Waals surface area contributed by atoms with Gasteiger partial charge in [0.05, 0.1) is 6.61 Å². The molecule has 0 aliphatic rings. The third kappa shape index (κ3) is 6.15. The summed E-state index contributed by atoms with van der Waals surface area (Å²) in [7, 11) is 0. The van der Waals surface area contributed by atoms with E-state index in [1.54, 1.807) is 78.9 Å². The highest BCUT2D eigenvalue weighted by atomic mass is 16.5. The van der Waals surface area contributed by atoms with Crippen LogP contribution in [0.4, 0.5) is 5.69 Å². The van der Waals surface area contributed by atoms with E-state index in [1.165, 1.54) is 6.92 Å². The van der Waals surface area contributed by atoms with E-state index in [0.717, 1.165) is 0 Å². The quantitative estimate of drug-likeness (QED) is 0.402. The maximum absolute atomic E-state index is 13.0. The minimum Gasteiger partial charge on any atom is -0.494 e. The molecule has 0 spiro atoms. The van der Waals surface area contributed by atoms with Gasteiger partial charge in [-0.3, -0.25) is 14.4 Å². The molecule has 0 aliphatic carbocycles. The highest BCUT2D eigenvalue weighted by molar-refractivity contribution is 6.11. The number of anilines is 1. The minimum absolute atomic E-state index is 0.0660. The number of ketones is 1. The van der Waals surface area contributed by atoms with E-state index in [2.05, 4.69) is 10.6 Å². The molecule has 0 aliphatic heterocycles. The highest BCUT2D eigenvalue weighted by Gasteiger charge is 2.15. The Hall–Kier alpha value is -4.19. The highest BCUT2D eigenvalue weighted by Crippen LogP contribution is 2.16. The van der Waals surface area contributed by atoms with E-state index < -0.39 is 11.8 Å². The summed E-state index contributed by atoms with van der Waals surface area (Å²) in [4.78, 5) is 37.4. The summed E-state index contributed by atoms with van der Waals surface area (Å²) in [5.74, 6) is -0.312. The fourth-order valence-electron chi connectivity index (χ4n) is 2.95. The molecule has 0 unspecified atom stereocenters. The second-order valence-corrected chi connectivity index (χ2v) is 6.97. The number of benzene rings is 3. The van der Waals surface area contributed by atoms with Gasteiger partial charge in [-0.15, -0.1) is 0 Å². The van der Waals surface area contributed by atoms with E-state index in [4.69, 9.17) is 4.74 Å². The van der Waals surface area contributed by atoms with E-state index in [9.17, 15) is 14.4 Å². The minimum atomic E-state index is -0.510. The molecule has 6 heteroatoms. The van der Waals surface area contributed by atoms with Crippen molar-refractivity contribution in [3.05, 3.63) is 101 Å². The molecule has 0 radical (unpaired) electrons. The summed E-state index contributed by atoms with van der Waals surface area (Å²) in [6, 6.07) is 22.4. The van der Waals surface area contributed by atoms with Gasteiger partial charge in [0.1, 0.15) is 11.4 Å². The van der Waals surface area contributed by atoms with Gasteiger partial charge < -0.3 is 15.4 Å². The Kier molecular flexibility index (Phi) is 7.54. The fraction of sp³-hybridized carbons (Fsp3) is 0.115. The normalized spacial score (nSPS) is 10.9. The molecule has 3 aromatic rings. The molecule has 0 fully saturated rings. The third-order valence-corrected chi connectivity index (χ3v) is 4.56. The van der Waals surface area contributed by atoms with Crippen LogP contribution in [-0.4, -0.2) is 24.2 Å². The second-order valence-electron chi connectivity index (χ2n) is 6.97. The molecule has 6 nitrogen and oxygen atoms in total. The lowest BCUT2D eigenvalue weighted by atomic mass is 10.1. The predicted molar refractivity (Wildman–Crippen MR) is 125 cm³/mol. The smallest absolute Gasteiger partial charge is 0.272 e. The van der Waals surface area contributed by atoms with Crippen LogP contribution < -0.4 is 15.4 Å². The molecule has 2 N–H and O–H groups in total. The van der Waals surface area contributed by atoms with Gasteiger partial charge in [0, 0.05) is 16.8 Å². The average Bonchev–Trinajstić information content (AvgIpc) is 2.80. The summed E-state index contributed by atoms with van der Waals surface area (Å²) >= 11 is 0. The van der Waals surface area contributed by atoms with Crippen LogP contribution >= 0.6 is 0 Å². The second kappa shape index (κ2) is 10.7. The zero-order chi connectivity index (χ0) is 22.9. The predicted octanol–water partition coefficient (Wildman–Crippen LogP) is 4.70. The Morgan fingerprint density at radius 1 is 0.875 bits per heavy atom. The molecule has 0 heterocycles. The first-order chi connectivity index (χ1) is 15.5. The Morgan fingerprint density at radius 2 is 1.56 bits per heavy atom. The number of amides is 2. The van der Waals surface area contributed by atoms with Crippen LogP contribution in [0.15, 0.2) is 84.6 Å². The van der Waals surface area contributed by atoms with Crippen molar-refractivity contribution in [1.29, 1.82) is 0 Å². The zero-order valence-corrected chi connectivity index (χ0v) is 17.9. The summed E-state index contributed by atoms with van der Waals surface area (Å²) < 4.78 is 5.45. The summed E-state index contributed by atoms with van der Waals surface area (Å²) in [6.07, 6.45) is 1.58. The lowest BCUT2D eigenvalue weighted by Gasteiger charge is -2.12. The van der Waals surface area contributed by atoms with Crippen molar-refractivity contribution in [3.63, 3.8) is 0 Å². The SMILES string of the molecule is CCOc1ccc(C=C(NC(=O)c2ccccc2)C(=O)Nc2cccc(C(C)=O)c2)cc1. The van der Waals surface area contributed by atoms with E-state index >= 15 is 0 Å². The van der Waals surface area contributed by atoms with Crippen molar-refractivity contribution in [2.45, 2.75) is 13.8 Å². The first kappa shape index (κ1) is 22.5. The van der Waals surface area contributed by atoms with Crippen LogP contribution in [0.3, 0.4) is 0 Å². The lowest BCUT2D eigenvalue weighted by molar-refractivity contribution is -0.113. The van der Waals surface area contributed by atoms with E-state index in [0.29, 0.717) is 34.7 Å². The first-order valence-electron chi connectivity index (χ1n) is 10.2. The van der Waals surface area contributed by atoms with Crippen molar-refractivity contribution in [3.8, 4) is 5.75 Å². The average molecular weight is 428 g/mol. The lowest BCUT2D eigenvalue weighted by Crippen LogP contribution is -2.30. The molecule has 162 valence electrons. The Labute approximate surface area is 186 Å². The van der Waals surface area contributed by atoms with Crippen molar-refractivity contribution in [1.82, 2.24) is 5.32 Å². The van der Waals surface area contributed by atoms with E-state index in [1.807, 2.05) is 13.0 Å². The fourth-order valence-corrected chi connectivity index (χ4v) is 2.95. The number of ether oxygens (including phenoxy) is 1. The van der Waals surface area contributed by atoms with Gasteiger partial charge in [-0.25, -0.2) is 0 Å². The van der Waals surface area contributed by atoms with Crippen LogP contribution in [0.1, 0.15) is 40.1 Å². The maximum Gasteiger partial charge on any atom is 0.272 e. The van der Waals surface area contributed by atoms with Crippen LogP contribution in [0.5, 0.6) is 5.75 Å². The molecule has 32 heavy (non-hydrogen) atoms. The molecule has 0 saturated carbocycles. The molecule has 0 aromatic heterocycles. The van der Waals surface area contributed by atoms with Crippen LogP contribution in [0.25, 0.3) is 6.08 Å². The van der Waals surface area contributed by atoms with Gasteiger partial charge in [0.25, 0.3) is 11.8 Å². The zero-order valence-electron chi connectivity index (χ0n) is 17.9. The largest absolute Gasteiger partial charge is 0.494 e. The number of Topliss-reactive ketones (excluding diaryl/α,β-unsaturated/α-hetero) is 1. The van der Waals surface area contributed by atoms with Crippen molar-refractivity contribution >= 4 is 29.4 Å². The first-order valence-corrected chi connectivity index (χ1v) is 10.2. The molecule has 2 amide bonds. The molecule has 3 aromatic carbocycles. The monoisotopic (exact) mass is 428 g/mol. The van der Waals surface area contributed by atoms with Crippen molar-refractivity contribution < 1.29 is 19.1 Å². The van der Waals surface area contributed by atoms with Crippen LogP contribution in [-0.2, 0) is 4.79 Å². The van der Waals surface area contributed by atoms with Gasteiger partial charge in [0.2, 0.25) is 0 Å². The van der Waals surface area contributed by atoms with Gasteiger partial charge in [0.15, 0.2) is 5.78 Å². The van der Waals surface area contributed by atoms with Gasteiger partial charge >= 0.3 is 0 Å². The molecule has 3 rings (SSSR count). The molecule has 0 atom stereocenters. The number of rotatable bonds is 8. The number of carbonyl (C=O) groups excluding carboxylic acids is 3. The van der Waals surface area contributed by atoms with Gasteiger partial charge in [-0.05, 0) is 61.9 Å².